The summed E-state index contributed by atoms with van der Waals surface area (Å²) in [5.41, 5.74) is 12.3. The van der Waals surface area contributed by atoms with Gasteiger partial charge >= 0.3 is 0 Å². The fourth-order valence-corrected chi connectivity index (χ4v) is 7.46. The first kappa shape index (κ1) is 39.8. The van der Waals surface area contributed by atoms with Crippen molar-refractivity contribution in [3.63, 3.8) is 0 Å². The fraction of sp³-hybridized carbons (Fsp3) is 0.488. The quantitative estimate of drug-likeness (QED) is 0.168. The van der Waals surface area contributed by atoms with E-state index in [2.05, 4.69) is 25.1 Å². The maximum Gasteiger partial charge on any atom is 0.251 e. The molecule has 0 unspecified atom stereocenters. The van der Waals surface area contributed by atoms with Crippen molar-refractivity contribution in [3.05, 3.63) is 104 Å². The third-order valence-electron chi connectivity index (χ3n) is 10.7. The second-order valence-electron chi connectivity index (χ2n) is 14.7. The van der Waals surface area contributed by atoms with E-state index in [4.69, 9.17) is 15.2 Å². The number of fused-ring (bicyclic) bond motifs is 3. The monoisotopic (exact) mass is 753 g/mol. The number of nitrogens with two attached hydrogens (primary N) is 1. The number of nitrogens with zero attached hydrogens (tertiary/aromatic N) is 7. The van der Waals surface area contributed by atoms with Crippen LogP contribution in [0, 0.1) is 19.1 Å². The molecule has 0 aliphatic carbocycles. The van der Waals surface area contributed by atoms with Gasteiger partial charge in [-0.2, -0.15) is 4.73 Å². The zero-order chi connectivity index (χ0) is 37.6. The highest BCUT2D eigenvalue weighted by atomic mass is 16.6. The van der Waals surface area contributed by atoms with Crippen molar-refractivity contribution in [2.75, 3.05) is 52.5 Å². The first-order chi connectivity index (χ1) is 26.2. The zero-order valence-electron chi connectivity index (χ0n) is 31.3. The van der Waals surface area contributed by atoms with Crippen molar-refractivity contribution < 1.29 is 14.2 Å². The van der Waals surface area contributed by atoms with Crippen LogP contribution in [0.2, 0.25) is 0 Å². The molecule has 3 aliphatic heterocycles. The lowest BCUT2D eigenvalue weighted by Crippen LogP contribution is -2.45. The molecular formula is C41H55N9O5. The van der Waals surface area contributed by atoms with Crippen LogP contribution in [-0.4, -0.2) is 93.5 Å². The summed E-state index contributed by atoms with van der Waals surface area (Å²) in [6.07, 6.45) is 9.19. The van der Waals surface area contributed by atoms with E-state index in [9.17, 15) is 14.8 Å². The zero-order valence-corrected chi connectivity index (χ0v) is 31.3. The lowest BCUT2D eigenvalue weighted by molar-refractivity contribution is -0.615. The summed E-state index contributed by atoms with van der Waals surface area (Å²) in [5, 5.41) is 15.8. The van der Waals surface area contributed by atoms with Gasteiger partial charge in [-0.1, -0.05) is 7.43 Å². The normalized spacial score (nSPS) is 16.8. The molecule has 8 heterocycles. The van der Waals surface area contributed by atoms with E-state index in [-0.39, 0.29) is 18.5 Å². The molecule has 14 heteroatoms. The largest absolute Gasteiger partial charge is 0.618 e. The average molecular weight is 754 g/mol. The van der Waals surface area contributed by atoms with Gasteiger partial charge in [0.25, 0.3) is 11.1 Å². The van der Waals surface area contributed by atoms with Gasteiger partial charge in [0.1, 0.15) is 13.2 Å². The maximum atomic E-state index is 12.5. The first-order valence-electron chi connectivity index (χ1n) is 19.1. The molecule has 0 bridgehead atoms. The SMILES string of the molecule is C.Cc1cnc2ccc(=O)n(CCN3CCC(N)CC3)c2c1.Cc1cnc2ccc(=O)n(CCN3CCC(NCc4cc5c(c[n+]4[O-])OCCO5)CC3)c2c1. The Morgan fingerprint density at radius 3 is 1.82 bits per heavy atom. The Balaban J connectivity index is 0.000000202. The second kappa shape index (κ2) is 18.2. The van der Waals surface area contributed by atoms with E-state index in [0.717, 1.165) is 103 Å². The molecule has 3 aliphatic rings. The summed E-state index contributed by atoms with van der Waals surface area (Å²) >= 11 is 0. The standard InChI is InChI=1S/C24H29N5O4.C16H22N4O.CH4/c1-17-12-21-20(26-14-17)2-3-24(30)28(21)9-8-27-6-4-18(5-7-27)25-15-19-13-22-23(16-29(19)31)33-11-10-32-22;1-12-10-15-14(18-11-12)2-3-16(21)20(15)9-8-19-6-4-13(17)5-7-19;/h2-3,12-14,16,18,25H,4-11,15H2,1H3;2-3,10-11,13H,4-9,17H2,1H3;1H4. The van der Waals surface area contributed by atoms with Crippen LogP contribution in [0.3, 0.4) is 0 Å². The van der Waals surface area contributed by atoms with Gasteiger partial charge < -0.3 is 44.7 Å². The molecule has 0 amide bonds. The highest BCUT2D eigenvalue weighted by Gasteiger charge is 2.23. The number of aryl methyl sites for hydroxylation is 2. The van der Waals surface area contributed by atoms with Gasteiger partial charge in [0.05, 0.1) is 34.7 Å². The lowest BCUT2D eigenvalue weighted by atomic mass is 10.0. The fourth-order valence-electron chi connectivity index (χ4n) is 7.46. The van der Waals surface area contributed by atoms with Gasteiger partial charge in [0, 0.05) is 62.8 Å². The minimum Gasteiger partial charge on any atom is -0.618 e. The molecular weight excluding hydrogens is 699 g/mol. The minimum atomic E-state index is 0. The summed E-state index contributed by atoms with van der Waals surface area (Å²) < 4.78 is 15.6. The van der Waals surface area contributed by atoms with E-state index in [1.807, 2.05) is 47.5 Å². The smallest absolute Gasteiger partial charge is 0.251 e. The molecule has 0 aromatic carbocycles. The van der Waals surface area contributed by atoms with E-state index < -0.39 is 0 Å². The molecule has 5 aromatic rings. The molecule has 14 nitrogen and oxygen atoms in total. The predicted molar refractivity (Wildman–Crippen MR) is 215 cm³/mol. The maximum absolute atomic E-state index is 12.5. The number of rotatable bonds is 9. The Hall–Kier alpha value is -4.89. The number of hydrogen-bond donors (Lipinski definition) is 2. The summed E-state index contributed by atoms with van der Waals surface area (Å²) in [6.45, 7) is 12.5. The Kier molecular flexibility index (Phi) is 13.1. The van der Waals surface area contributed by atoms with Crippen LogP contribution in [-0.2, 0) is 19.6 Å². The topological polar surface area (TPSA) is 160 Å². The van der Waals surface area contributed by atoms with Crippen molar-refractivity contribution >= 4 is 22.1 Å². The van der Waals surface area contributed by atoms with Crippen LogP contribution >= 0.6 is 0 Å². The van der Waals surface area contributed by atoms with Crippen molar-refractivity contribution in [3.8, 4) is 11.5 Å². The average Bonchev–Trinajstić information content (AvgIpc) is 3.17. The molecule has 2 fully saturated rings. The molecule has 0 radical (unpaired) electrons. The number of nitrogens with one attached hydrogen (secondary N) is 1. The van der Waals surface area contributed by atoms with Crippen LogP contribution in [0.5, 0.6) is 11.5 Å². The Morgan fingerprint density at radius 1 is 0.764 bits per heavy atom. The van der Waals surface area contributed by atoms with Gasteiger partial charge in [0.15, 0.2) is 5.75 Å². The Bertz CT molecular complexity index is 2190. The third-order valence-corrected chi connectivity index (χ3v) is 10.7. The molecule has 294 valence electrons. The van der Waals surface area contributed by atoms with Crippen LogP contribution in [0.15, 0.2) is 70.6 Å². The van der Waals surface area contributed by atoms with Crippen LogP contribution in [0.1, 0.15) is 49.9 Å². The van der Waals surface area contributed by atoms with Crippen molar-refractivity contribution in [1.29, 1.82) is 0 Å². The van der Waals surface area contributed by atoms with Gasteiger partial charge in [-0.15, -0.1) is 0 Å². The van der Waals surface area contributed by atoms with E-state index in [1.165, 1.54) is 6.20 Å². The summed E-state index contributed by atoms with van der Waals surface area (Å²) in [4.78, 5) is 38.3. The number of hydrogen-bond acceptors (Lipinski definition) is 11. The molecule has 0 spiro atoms. The third kappa shape index (κ3) is 9.87. The molecule has 2 saturated heterocycles. The number of aromatic nitrogens is 5. The Morgan fingerprint density at radius 2 is 1.27 bits per heavy atom. The number of piperidine rings is 2. The van der Waals surface area contributed by atoms with Crippen LogP contribution < -0.4 is 36.4 Å². The molecule has 0 saturated carbocycles. The van der Waals surface area contributed by atoms with Gasteiger partial charge in [-0.3, -0.25) is 19.6 Å². The highest BCUT2D eigenvalue weighted by Crippen LogP contribution is 2.28. The molecule has 0 atom stereocenters. The molecule has 5 aromatic heterocycles. The van der Waals surface area contributed by atoms with Crippen molar-refractivity contribution in [1.82, 2.24) is 34.2 Å². The van der Waals surface area contributed by atoms with Crippen molar-refractivity contribution in [2.45, 2.75) is 78.7 Å². The van der Waals surface area contributed by atoms with E-state index in [0.29, 0.717) is 62.1 Å². The molecule has 3 N–H and O–H groups in total. The molecule has 8 rings (SSSR count). The summed E-state index contributed by atoms with van der Waals surface area (Å²) in [7, 11) is 0. The second-order valence-corrected chi connectivity index (χ2v) is 14.7. The number of ether oxygens (including phenoxy) is 2. The summed E-state index contributed by atoms with van der Waals surface area (Å²) in [6, 6.07) is 13.3. The summed E-state index contributed by atoms with van der Waals surface area (Å²) in [5.74, 6) is 1.14. The minimum absolute atomic E-state index is 0. The van der Waals surface area contributed by atoms with Crippen LogP contribution in [0.4, 0.5) is 0 Å². The van der Waals surface area contributed by atoms with Crippen molar-refractivity contribution in [2.24, 2.45) is 5.73 Å². The van der Waals surface area contributed by atoms with Gasteiger partial charge in [0.2, 0.25) is 17.6 Å². The number of likely N-dealkylation sites (tertiary alicyclic amines) is 2. The Labute approximate surface area is 322 Å². The lowest BCUT2D eigenvalue weighted by Gasteiger charge is -2.32. The first-order valence-corrected chi connectivity index (χ1v) is 19.1. The van der Waals surface area contributed by atoms with Gasteiger partial charge in [-0.05, 0) is 101 Å². The van der Waals surface area contributed by atoms with E-state index in [1.54, 1.807) is 30.3 Å². The van der Waals surface area contributed by atoms with Crippen LogP contribution in [0.25, 0.3) is 22.1 Å². The highest BCUT2D eigenvalue weighted by molar-refractivity contribution is 5.75. The number of pyridine rings is 5. The predicted octanol–water partition coefficient (Wildman–Crippen LogP) is 3.13. The van der Waals surface area contributed by atoms with Gasteiger partial charge in [-0.25, -0.2) is 0 Å². The van der Waals surface area contributed by atoms with E-state index >= 15 is 0 Å². The molecule has 55 heavy (non-hydrogen) atoms.